The molecule has 0 radical (unpaired) electrons. The zero-order valence-electron chi connectivity index (χ0n) is 13.2. The van der Waals surface area contributed by atoms with Crippen molar-refractivity contribution >= 4 is 17.5 Å². The van der Waals surface area contributed by atoms with Crippen LogP contribution >= 0.6 is 0 Å². The van der Waals surface area contributed by atoms with Gasteiger partial charge in [0.05, 0.1) is 12.5 Å². The molecule has 3 N–H and O–H groups in total. The van der Waals surface area contributed by atoms with Crippen LogP contribution in [0.3, 0.4) is 0 Å². The highest BCUT2D eigenvalue weighted by atomic mass is 16.5. The molecule has 0 spiro atoms. The molecule has 120 valence electrons. The Morgan fingerprint density at radius 1 is 1.04 bits per heavy atom. The Bertz CT molecular complexity index is 676. The van der Waals surface area contributed by atoms with Crippen LogP contribution in [0.1, 0.15) is 29.8 Å². The molecule has 5 nitrogen and oxygen atoms in total. The van der Waals surface area contributed by atoms with Crippen LogP contribution in [0.25, 0.3) is 0 Å². The van der Waals surface area contributed by atoms with Gasteiger partial charge < -0.3 is 15.8 Å². The third kappa shape index (κ3) is 5.14. The topological polar surface area (TPSA) is 81.4 Å². The first-order valence-corrected chi connectivity index (χ1v) is 7.39. The largest absolute Gasteiger partial charge is 0.491 e. The molecule has 0 aromatic heterocycles. The van der Waals surface area contributed by atoms with Crippen molar-refractivity contribution in [1.29, 1.82) is 0 Å². The van der Waals surface area contributed by atoms with Gasteiger partial charge in [0, 0.05) is 11.3 Å². The number of nitrogens with one attached hydrogen (secondary N) is 1. The van der Waals surface area contributed by atoms with Gasteiger partial charge in [0.2, 0.25) is 11.8 Å². The van der Waals surface area contributed by atoms with E-state index in [9.17, 15) is 9.59 Å². The summed E-state index contributed by atoms with van der Waals surface area (Å²) in [7, 11) is 0. The molecule has 0 atom stereocenters. The maximum Gasteiger partial charge on any atom is 0.248 e. The Kier molecular flexibility index (Phi) is 5.36. The van der Waals surface area contributed by atoms with Crippen molar-refractivity contribution in [2.75, 3.05) is 5.32 Å². The number of hydrogen-bond donors (Lipinski definition) is 2. The molecule has 2 aromatic rings. The molecular weight excluding hydrogens is 292 g/mol. The van der Waals surface area contributed by atoms with Crippen LogP contribution in [0.5, 0.6) is 5.75 Å². The summed E-state index contributed by atoms with van der Waals surface area (Å²) < 4.78 is 5.56. The molecule has 5 heteroatoms. The Labute approximate surface area is 135 Å². The summed E-state index contributed by atoms with van der Waals surface area (Å²) in [6.45, 7) is 3.93. The smallest absolute Gasteiger partial charge is 0.248 e. The van der Waals surface area contributed by atoms with Crippen LogP contribution < -0.4 is 15.8 Å². The number of nitrogens with two attached hydrogens (primary N) is 1. The number of amides is 2. The first kappa shape index (κ1) is 16.5. The SMILES string of the molecule is CC(C)Oc1ccc(CC(=O)Nc2ccc(C(N)=O)cc2)cc1. The standard InChI is InChI=1S/C18H20N2O3/c1-12(2)23-16-9-3-13(4-10-16)11-17(21)20-15-7-5-14(6-8-15)18(19)22/h3-10,12H,11H2,1-2H3,(H2,19,22)(H,20,21). The summed E-state index contributed by atoms with van der Waals surface area (Å²) in [5.74, 6) is 0.159. The third-order valence-electron chi connectivity index (χ3n) is 3.11. The lowest BCUT2D eigenvalue weighted by Crippen LogP contribution is -2.15. The number of primary amides is 1. The van der Waals surface area contributed by atoms with Crippen molar-refractivity contribution in [1.82, 2.24) is 0 Å². The predicted molar refractivity (Wildman–Crippen MR) is 89.5 cm³/mol. The summed E-state index contributed by atoms with van der Waals surface area (Å²) in [5, 5.41) is 2.78. The zero-order valence-corrected chi connectivity index (χ0v) is 13.2. The van der Waals surface area contributed by atoms with Crippen LogP contribution in [0.4, 0.5) is 5.69 Å². The zero-order chi connectivity index (χ0) is 16.8. The average molecular weight is 312 g/mol. The summed E-state index contributed by atoms with van der Waals surface area (Å²) in [5.41, 5.74) is 7.10. The van der Waals surface area contributed by atoms with E-state index in [0.29, 0.717) is 11.3 Å². The Balaban J connectivity index is 1.92. The summed E-state index contributed by atoms with van der Waals surface area (Å²) in [4.78, 5) is 23.0. The van der Waals surface area contributed by atoms with Crippen molar-refractivity contribution in [3.05, 3.63) is 59.7 Å². The van der Waals surface area contributed by atoms with Crippen LogP contribution in [0, 0.1) is 0 Å². The molecular formula is C18H20N2O3. The maximum absolute atomic E-state index is 12.0. The number of carbonyl (C=O) groups is 2. The molecule has 0 unspecified atom stereocenters. The van der Waals surface area contributed by atoms with Gasteiger partial charge in [-0.2, -0.15) is 0 Å². The van der Waals surface area contributed by atoms with E-state index in [1.54, 1.807) is 24.3 Å². The first-order chi connectivity index (χ1) is 10.9. The van der Waals surface area contributed by atoms with Crippen molar-refractivity contribution in [3.8, 4) is 5.75 Å². The molecule has 0 aliphatic carbocycles. The highest BCUT2D eigenvalue weighted by Crippen LogP contribution is 2.15. The van der Waals surface area contributed by atoms with Gasteiger partial charge in [-0.25, -0.2) is 0 Å². The quantitative estimate of drug-likeness (QED) is 0.860. The van der Waals surface area contributed by atoms with Gasteiger partial charge in [-0.05, 0) is 55.8 Å². The van der Waals surface area contributed by atoms with E-state index >= 15 is 0 Å². The van der Waals surface area contributed by atoms with Gasteiger partial charge in [0.25, 0.3) is 0 Å². The van der Waals surface area contributed by atoms with Gasteiger partial charge in [-0.15, -0.1) is 0 Å². The third-order valence-corrected chi connectivity index (χ3v) is 3.11. The second-order valence-corrected chi connectivity index (χ2v) is 5.48. The van der Waals surface area contributed by atoms with E-state index < -0.39 is 5.91 Å². The fourth-order valence-electron chi connectivity index (χ4n) is 2.07. The molecule has 0 heterocycles. The summed E-state index contributed by atoms with van der Waals surface area (Å²) in [6.07, 6.45) is 0.381. The van der Waals surface area contributed by atoms with Crippen molar-refractivity contribution in [2.45, 2.75) is 26.4 Å². The van der Waals surface area contributed by atoms with E-state index in [1.807, 2.05) is 38.1 Å². The maximum atomic E-state index is 12.0. The monoisotopic (exact) mass is 312 g/mol. The fourth-order valence-corrected chi connectivity index (χ4v) is 2.07. The van der Waals surface area contributed by atoms with Gasteiger partial charge in [-0.1, -0.05) is 12.1 Å². The van der Waals surface area contributed by atoms with Gasteiger partial charge in [-0.3, -0.25) is 9.59 Å². The number of anilines is 1. The number of carbonyl (C=O) groups excluding carboxylic acids is 2. The van der Waals surface area contributed by atoms with E-state index in [1.165, 1.54) is 0 Å². The number of rotatable bonds is 6. The molecule has 2 amide bonds. The minimum atomic E-state index is -0.494. The van der Waals surface area contributed by atoms with Crippen molar-refractivity contribution < 1.29 is 14.3 Å². The lowest BCUT2D eigenvalue weighted by atomic mass is 10.1. The lowest BCUT2D eigenvalue weighted by molar-refractivity contribution is -0.115. The molecule has 0 saturated carbocycles. The highest BCUT2D eigenvalue weighted by molar-refractivity contribution is 5.95. The Hall–Kier alpha value is -2.82. The molecule has 23 heavy (non-hydrogen) atoms. The second kappa shape index (κ2) is 7.45. The lowest BCUT2D eigenvalue weighted by Gasteiger charge is -2.10. The second-order valence-electron chi connectivity index (χ2n) is 5.48. The number of ether oxygens (including phenoxy) is 1. The van der Waals surface area contributed by atoms with Gasteiger partial charge in [0.15, 0.2) is 0 Å². The van der Waals surface area contributed by atoms with Crippen LogP contribution in [-0.2, 0) is 11.2 Å². The minimum Gasteiger partial charge on any atom is -0.491 e. The molecule has 0 aliphatic rings. The van der Waals surface area contributed by atoms with E-state index in [4.69, 9.17) is 10.5 Å². The van der Waals surface area contributed by atoms with E-state index in [-0.39, 0.29) is 18.4 Å². The normalized spacial score (nSPS) is 10.4. The van der Waals surface area contributed by atoms with Gasteiger partial charge >= 0.3 is 0 Å². The highest BCUT2D eigenvalue weighted by Gasteiger charge is 2.06. The molecule has 2 rings (SSSR count). The van der Waals surface area contributed by atoms with Crippen molar-refractivity contribution in [2.24, 2.45) is 5.73 Å². The predicted octanol–water partition coefficient (Wildman–Crippen LogP) is 2.75. The first-order valence-electron chi connectivity index (χ1n) is 7.39. The molecule has 0 saturated heterocycles. The number of hydrogen-bond acceptors (Lipinski definition) is 3. The Morgan fingerprint density at radius 2 is 1.65 bits per heavy atom. The number of benzene rings is 2. The Morgan fingerprint density at radius 3 is 2.17 bits per heavy atom. The minimum absolute atomic E-state index is 0.118. The van der Waals surface area contributed by atoms with Crippen molar-refractivity contribution in [3.63, 3.8) is 0 Å². The summed E-state index contributed by atoms with van der Waals surface area (Å²) >= 11 is 0. The van der Waals surface area contributed by atoms with Crippen LogP contribution in [0.2, 0.25) is 0 Å². The van der Waals surface area contributed by atoms with E-state index in [0.717, 1.165) is 11.3 Å². The van der Waals surface area contributed by atoms with Gasteiger partial charge in [0.1, 0.15) is 5.75 Å². The van der Waals surface area contributed by atoms with Crippen LogP contribution in [0.15, 0.2) is 48.5 Å². The summed E-state index contributed by atoms with van der Waals surface area (Å²) in [6, 6.07) is 13.9. The molecule has 0 aliphatic heterocycles. The molecule has 0 fully saturated rings. The van der Waals surface area contributed by atoms with Crippen LogP contribution in [-0.4, -0.2) is 17.9 Å². The molecule has 2 aromatic carbocycles. The van der Waals surface area contributed by atoms with E-state index in [2.05, 4.69) is 5.32 Å². The average Bonchev–Trinajstić information content (AvgIpc) is 2.49. The fraction of sp³-hybridized carbons (Fsp3) is 0.222. The molecule has 0 bridgehead atoms.